The van der Waals surface area contributed by atoms with E-state index < -0.39 is 0 Å². The number of hydrogen-bond donors (Lipinski definition) is 2. The fraction of sp³-hybridized carbons (Fsp3) is 0.667. The van der Waals surface area contributed by atoms with Crippen LogP contribution in [-0.2, 0) is 9.84 Å². The van der Waals surface area contributed by atoms with Crippen molar-refractivity contribution in [2.75, 3.05) is 0 Å². The number of benzene rings is 1. The lowest BCUT2D eigenvalue weighted by Gasteiger charge is -2.59. The van der Waals surface area contributed by atoms with E-state index >= 15 is 0 Å². The van der Waals surface area contributed by atoms with Crippen LogP contribution in [0.5, 0.6) is 5.75 Å². The van der Waals surface area contributed by atoms with Crippen LogP contribution in [0.15, 0.2) is 18.2 Å². The number of aromatic hydroxyl groups is 1. The monoisotopic (exact) mass is 524 g/mol. The van der Waals surface area contributed by atoms with E-state index in [9.17, 15) is 10.2 Å². The summed E-state index contributed by atoms with van der Waals surface area (Å²) in [5.74, 6) is 0.993. The fourth-order valence-electron chi connectivity index (χ4n) is 5.43. The minimum Gasteiger partial charge on any atom is -0.508 e. The number of aliphatic hydroxyl groups is 1. The summed E-state index contributed by atoms with van der Waals surface area (Å²) >= 11 is 5.41. The smallest absolute Gasteiger partial charge is 0.115 e. The summed E-state index contributed by atoms with van der Waals surface area (Å²) in [6, 6.07) is 5.96. The number of aliphatic hydroxyl groups excluding tert-OH is 1. The Labute approximate surface area is 159 Å². The molecule has 0 amide bonds. The Morgan fingerprint density at radius 2 is 1.91 bits per heavy atom. The Hall–Kier alpha value is 0.440. The molecular weight excluding hydrogens is 502 g/mol. The van der Waals surface area contributed by atoms with Gasteiger partial charge in [0.1, 0.15) is 5.75 Å². The van der Waals surface area contributed by atoms with E-state index in [1.165, 1.54) is 17.5 Å². The van der Waals surface area contributed by atoms with Gasteiger partial charge in [-0.3, -0.25) is 0 Å². The molecule has 2 fully saturated rings. The first-order valence-electron chi connectivity index (χ1n) is 8.19. The zero-order valence-electron chi connectivity index (χ0n) is 12.8. The van der Waals surface area contributed by atoms with E-state index in [1.807, 2.05) is 12.1 Å². The van der Waals surface area contributed by atoms with Crippen molar-refractivity contribution in [3.63, 3.8) is 0 Å². The summed E-state index contributed by atoms with van der Waals surface area (Å²) in [4.78, 5) is 0. The molecule has 4 rings (SSSR count). The van der Waals surface area contributed by atoms with Gasteiger partial charge in [-0.05, 0) is 67.7 Å². The number of rotatable bonds is 0. The Morgan fingerprint density at radius 3 is 2.68 bits per heavy atom. The molecule has 3 aliphatic rings. The van der Waals surface area contributed by atoms with Gasteiger partial charge in [0, 0.05) is 8.84 Å². The Balaban J connectivity index is 1.84. The molecule has 3 aliphatic carbocycles. The van der Waals surface area contributed by atoms with Crippen LogP contribution in [0, 0.1) is 11.3 Å². The number of phenols is 1. The largest absolute Gasteiger partial charge is 0.508 e. The van der Waals surface area contributed by atoms with Crippen molar-refractivity contribution in [3.05, 3.63) is 29.3 Å². The number of alkyl halides is 2. The summed E-state index contributed by atoms with van der Waals surface area (Å²) in [6.45, 7) is 2.32. The molecule has 120 valence electrons. The van der Waals surface area contributed by atoms with Crippen molar-refractivity contribution < 1.29 is 10.2 Å². The number of hydrogen-bond acceptors (Lipinski definition) is 2. The van der Waals surface area contributed by atoms with Crippen molar-refractivity contribution in [1.29, 1.82) is 0 Å². The van der Waals surface area contributed by atoms with Crippen LogP contribution in [-0.4, -0.2) is 19.7 Å². The van der Waals surface area contributed by atoms with Crippen LogP contribution in [0.4, 0.5) is 0 Å². The third kappa shape index (κ3) is 1.86. The summed E-state index contributed by atoms with van der Waals surface area (Å²) in [5.41, 5.74) is 2.82. The first-order chi connectivity index (χ1) is 10.3. The molecular formula is C18H22I2O2. The number of aryl methyl sites for hydroxylation is 1. The van der Waals surface area contributed by atoms with Crippen molar-refractivity contribution >= 4 is 45.2 Å². The van der Waals surface area contributed by atoms with Crippen LogP contribution >= 0.6 is 45.2 Å². The van der Waals surface area contributed by atoms with E-state index in [1.54, 1.807) is 0 Å². The zero-order valence-corrected chi connectivity index (χ0v) is 17.1. The SMILES string of the molecule is C[C@]12CCC3(I)c4ccc(O)cc4CC[C@H]3C1(I)CC[C@@H]2O. The minimum atomic E-state index is -0.147. The fourth-order valence-corrected chi connectivity index (χ4v) is 9.44. The van der Waals surface area contributed by atoms with Gasteiger partial charge in [-0.2, -0.15) is 0 Å². The van der Waals surface area contributed by atoms with Crippen molar-refractivity contribution in [3.8, 4) is 5.75 Å². The van der Waals surface area contributed by atoms with Crippen molar-refractivity contribution in [1.82, 2.24) is 0 Å². The Bertz CT molecular complexity index is 634. The van der Waals surface area contributed by atoms with Gasteiger partial charge in [0.05, 0.1) is 9.53 Å². The predicted molar refractivity (Wildman–Crippen MR) is 105 cm³/mol. The molecule has 5 atom stereocenters. The summed E-state index contributed by atoms with van der Waals surface area (Å²) < 4.78 is 0.350. The molecule has 0 bridgehead atoms. The summed E-state index contributed by atoms with van der Waals surface area (Å²) in [5, 5.41) is 20.4. The van der Waals surface area contributed by atoms with Crippen LogP contribution in [0.2, 0.25) is 0 Å². The molecule has 2 unspecified atom stereocenters. The van der Waals surface area contributed by atoms with Crippen LogP contribution in [0.25, 0.3) is 0 Å². The second-order valence-electron chi connectivity index (χ2n) is 7.63. The molecule has 0 saturated heterocycles. The molecule has 4 heteroatoms. The first-order valence-corrected chi connectivity index (χ1v) is 10.4. The highest BCUT2D eigenvalue weighted by Gasteiger charge is 2.66. The average molecular weight is 524 g/mol. The Morgan fingerprint density at radius 1 is 1.14 bits per heavy atom. The zero-order chi connectivity index (χ0) is 15.8. The average Bonchev–Trinajstić information content (AvgIpc) is 2.71. The van der Waals surface area contributed by atoms with Crippen molar-refractivity contribution in [2.45, 2.75) is 58.4 Å². The van der Waals surface area contributed by atoms with Crippen LogP contribution in [0.3, 0.4) is 0 Å². The van der Waals surface area contributed by atoms with E-state index in [0.717, 1.165) is 32.1 Å². The lowest BCUT2D eigenvalue weighted by Crippen LogP contribution is -2.58. The number of fused-ring (bicyclic) bond motifs is 5. The van der Waals surface area contributed by atoms with E-state index in [4.69, 9.17) is 0 Å². The predicted octanol–water partition coefficient (Wildman–Crippen LogP) is 4.71. The molecule has 0 radical (unpaired) electrons. The van der Waals surface area contributed by atoms with Gasteiger partial charge in [-0.15, -0.1) is 0 Å². The molecule has 2 saturated carbocycles. The molecule has 0 aliphatic heterocycles. The number of phenolic OH excluding ortho intramolecular Hbond substituents is 1. The second kappa shape index (κ2) is 4.97. The number of halogens is 2. The lowest BCUT2D eigenvalue weighted by atomic mass is 9.55. The lowest BCUT2D eigenvalue weighted by molar-refractivity contribution is -0.00206. The molecule has 0 aromatic heterocycles. The molecule has 0 heterocycles. The topological polar surface area (TPSA) is 40.5 Å². The van der Waals surface area contributed by atoms with Gasteiger partial charge in [0.2, 0.25) is 0 Å². The molecule has 22 heavy (non-hydrogen) atoms. The maximum absolute atomic E-state index is 10.6. The van der Waals surface area contributed by atoms with Gasteiger partial charge >= 0.3 is 0 Å². The quantitative estimate of drug-likeness (QED) is 0.382. The van der Waals surface area contributed by atoms with E-state index in [-0.39, 0.29) is 18.4 Å². The standard InChI is InChI=1S/C18H22I2O2/c1-16-8-9-17(19)13-4-3-12(21)10-11(13)2-5-14(17)18(16,20)7-6-15(16)22/h3-4,10,14-15,21-22H,2,5-9H2,1H3/t14-,15+,16-,17?,18?/m1/s1. The second-order valence-corrected chi connectivity index (χ2v) is 11.5. The van der Waals surface area contributed by atoms with Gasteiger partial charge in [0.25, 0.3) is 0 Å². The molecule has 0 spiro atoms. The summed E-state index contributed by atoms with van der Waals surface area (Å²) in [7, 11) is 0. The third-order valence-electron chi connectivity index (χ3n) is 6.82. The molecule has 2 nitrogen and oxygen atoms in total. The summed E-state index contributed by atoms with van der Waals surface area (Å²) in [6.07, 6.45) is 6.39. The van der Waals surface area contributed by atoms with Gasteiger partial charge < -0.3 is 10.2 Å². The molecule has 2 N–H and O–H groups in total. The van der Waals surface area contributed by atoms with Crippen LogP contribution < -0.4 is 0 Å². The van der Waals surface area contributed by atoms with Crippen molar-refractivity contribution in [2.24, 2.45) is 11.3 Å². The molecule has 1 aromatic rings. The third-order valence-corrected chi connectivity index (χ3v) is 11.2. The highest BCUT2D eigenvalue weighted by molar-refractivity contribution is 14.1. The molecule has 1 aromatic carbocycles. The van der Waals surface area contributed by atoms with Gasteiger partial charge in [0.15, 0.2) is 0 Å². The first kappa shape index (κ1) is 15.9. The van der Waals surface area contributed by atoms with E-state index in [0.29, 0.717) is 11.7 Å². The van der Waals surface area contributed by atoms with Gasteiger partial charge in [-0.1, -0.05) is 58.2 Å². The maximum Gasteiger partial charge on any atom is 0.115 e. The van der Waals surface area contributed by atoms with Gasteiger partial charge in [-0.25, -0.2) is 0 Å². The normalized spacial score (nSPS) is 46.7. The maximum atomic E-state index is 10.6. The highest BCUT2D eigenvalue weighted by atomic mass is 127. The minimum absolute atomic E-state index is 0.0569. The van der Waals surface area contributed by atoms with Crippen LogP contribution in [0.1, 0.15) is 50.2 Å². The highest BCUT2D eigenvalue weighted by Crippen LogP contribution is 2.70. The van der Waals surface area contributed by atoms with E-state index in [2.05, 4.69) is 58.2 Å². The Kier molecular flexibility index (Phi) is 3.60.